The number of allylic oxidation sites excluding steroid dienone is 8. The maximum Gasteiger partial charge on any atom is 0.407 e. The molecule has 10 heteroatoms. The molecule has 2 rings (SSSR count). The molecule has 3 N–H and O–H groups in total. The Morgan fingerprint density at radius 1 is 1.02 bits per heavy atom. The molecule has 1 amide bonds. The van der Waals surface area contributed by atoms with E-state index < -0.39 is 36.5 Å². The molecule has 1 aromatic rings. The van der Waals surface area contributed by atoms with Crippen molar-refractivity contribution >= 4 is 23.4 Å². The molecule has 0 aromatic carbocycles. The highest BCUT2D eigenvalue weighted by Gasteiger charge is 2.28. The fourth-order valence-electron chi connectivity index (χ4n) is 5.81. The van der Waals surface area contributed by atoms with Gasteiger partial charge < -0.3 is 29.7 Å². The summed E-state index contributed by atoms with van der Waals surface area (Å²) in [4.78, 5) is 30.2. The van der Waals surface area contributed by atoms with Crippen LogP contribution >= 0.6 is 11.3 Å². The van der Waals surface area contributed by atoms with Crippen LogP contribution in [0.3, 0.4) is 0 Å². The van der Waals surface area contributed by atoms with Crippen LogP contribution in [0.5, 0.6) is 0 Å². The zero-order valence-corrected chi connectivity index (χ0v) is 33.1. The average Bonchev–Trinajstić information content (AvgIpc) is 3.55. The number of nitrogens with one attached hydrogen (secondary N) is 1. The lowest BCUT2D eigenvalue weighted by Crippen LogP contribution is -2.30. The predicted octanol–water partition coefficient (Wildman–Crippen LogP) is 8.67. The highest BCUT2D eigenvalue weighted by molar-refractivity contribution is 7.09. The van der Waals surface area contributed by atoms with E-state index >= 15 is 0 Å². The summed E-state index contributed by atoms with van der Waals surface area (Å²) in [7, 11) is 3.15. The molecular weight excluding hydrogens is 665 g/mol. The number of aromatic nitrogens is 1. The van der Waals surface area contributed by atoms with Gasteiger partial charge in [0.25, 0.3) is 0 Å². The molecule has 282 valence electrons. The van der Waals surface area contributed by atoms with Crippen LogP contribution in [0.1, 0.15) is 98.1 Å². The van der Waals surface area contributed by atoms with Crippen molar-refractivity contribution in [3.8, 4) is 0 Å². The number of methoxy groups -OCH3 is 1. The standard InChI is InChI=1S/C41H60N2O7S/c1-25(2)20-36(49-41(47)42-10)40-43-33(24-51-40)39-30(7)16-13-15-29(6)38(48-11)32(9)34(44)19-18-27(4)21-28(5)22-31(8)35(45)23-26(3)14-12-17-37(46)50-39/h12-16,18-19,21-25,30-32,34-36,38-39,44-45H,17,20H2,1-11H3,(H,42,47). The molecule has 8 atom stereocenters. The van der Waals surface area contributed by atoms with Gasteiger partial charge in [-0.1, -0.05) is 112 Å². The summed E-state index contributed by atoms with van der Waals surface area (Å²) in [5.41, 5.74) is 4.29. The fourth-order valence-corrected chi connectivity index (χ4v) is 6.69. The van der Waals surface area contributed by atoms with Crippen LogP contribution in [-0.4, -0.2) is 59.7 Å². The summed E-state index contributed by atoms with van der Waals surface area (Å²) >= 11 is 1.37. The van der Waals surface area contributed by atoms with E-state index in [0.717, 1.165) is 22.3 Å². The van der Waals surface area contributed by atoms with Crippen molar-refractivity contribution in [3.63, 3.8) is 0 Å². The SMILES string of the molecule is CNC(=O)OC(CC(C)C)c1nc(C2OC(=O)CC=CC(C)=CC(O)C(C)C=C(C)C=C(C)C=CC(O)C(C)C(OC)C(C)=CC=CC2C)cs1. The number of esters is 1. The van der Waals surface area contributed by atoms with Crippen LogP contribution in [0.2, 0.25) is 0 Å². The van der Waals surface area contributed by atoms with Crippen LogP contribution < -0.4 is 5.32 Å². The first-order valence-electron chi connectivity index (χ1n) is 17.7. The maximum atomic E-state index is 13.2. The van der Waals surface area contributed by atoms with Crippen molar-refractivity contribution < 1.29 is 34.0 Å². The van der Waals surface area contributed by atoms with Gasteiger partial charge in [-0.2, -0.15) is 0 Å². The van der Waals surface area contributed by atoms with Crippen LogP contribution in [0.15, 0.2) is 88.4 Å². The molecule has 8 unspecified atom stereocenters. The first-order chi connectivity index (χ1) is 24.1. The van der Waals surface area contributed by atoms with E-state index in [0.29, 0.717) is 17.1 Å². The van der Waals surface area contributed by atoms with Crippen LogP contribution in [-0.2, 0) is 19.0 Å². The number of carbonyl (C=O) groups excluding carboxylic acids is 2. The normalized spacial score (nSPS) is 27.0. The summed E-state index contributed by atoms with van der Waals surface area (Å²) in [6.45, 7) is 17.7. The van der Waals surface area contributed by atoms with E-state index in [-0.39, 0.29) is 36.2 Å². The number of rotatable bonds is 6. The molecule has 51 heavy (non-hydrogen) atoms. The lowest BCUT2D eigenvalue weighted by atomic mass is 9.91. The van der Waals surface area contributed by atoms with Crippen LogP contribution in [0.4, 0.5) is 4.79 Å². The van der Waals surface area contributed by atoms with Crippen LogP contribution in [0, 0.1) is 23.7 Å². The molecule has 2 heterocycles. The molecule has 0 saturated carbocycles. The minimum atomic E-state index is -0.754. The monoisotopic (exact) mass is 724 g/mol. The van der Waals surface area contributed by atoms with Gasteiger partial charge in [-0.25, -0.2) is 9.78 Å². The van der Waals surface area contributed by atoms with Crippen molar-refractivity contribution in [2.45, 2.75) is 106 Å². The number of thiazole rings is 1. The molecule has 0 saturated heterocycles. The number of hydrogen-bond donors (Lipinski definition) is 3. The van der Waals surface area contributed by atoms with Gasteiger partial charge in [-0.3, -0.25) is 4.79 Å². The first kappa shape index (κ1) is 43.6. The third-order valence-electron chi connectivity index (χ3n) is 8.65. The molecule has 0 spiro atoms. The number of cyclic esters (lactones) is 1. The molecule has 1 aliphatic heterocycles. The molecule has 1 aromatic heterocycles. The van der Waals surface area contributed by atoms with Crippen molar-refractivity contribution in [2.75, 3.05) is 14.2 Å². The van der Waals surface area contributed by atoms with Gasteiger partial charge in [0.1, 0.15) is 5.01 Å². The van der Waals surface area contributed by atoms with Gasteiger partial charge in [0, 0.05) is 37.3 Å². The van der Waals surface area contributed by atoms with Crippen molar-refractivity contribution in [3.05, 3.63) is 99.1 Å². The Bertz CT molecular complexity index is 1500. The number of ether oxygens (including phenoxy) is 3. The minimum absolute atomic E-state index is 0.0296. The second-order valence-corrected chi connectivity index (χ2v) is 14.9. The van der Waals surface area contributed by atoms with E-state index in [9.17, 15) is 19.8 Å². The smallest absolute Gasteiger partial charge is 0.407 e. The number of nitrogens with zero attached hydrogens (tertiary/aromatic N) is 1. The van der Waals surface area contributed by atoms with Gasteiger partial charge in [0.15, 0.2) is 12.2 Å². The van der Waals surface area contributed by atoms with E-state index in [1.54, 1.807) is 31.4 Å². The van der Waals surface area contributed by atoms with Gasteiger partial charge >= 0.3 is 12.1 Å². The van der Waals surface area contributed by atoms with Gasteiger partial charge in [-0.15, -0.1) is 11.3 Å². The Morgan fingerprint density at radius 3 is 2.37 bits per heavy atom. The topological polar surface area (TPSA) is 127 Å². The molecule has 0 radical (unpaired) electrons. The number of aliphatic hydroxyl groups is 2. The van der Waals surface area contributed by atoms with Crippen LogP contribution in [0.25, 0.3) is 0 Å². The van der Waals surface area contributed by atoms with Gasteiger partial charge in [0.05, 0.1) is 30.4 Å². The third-order valence-corrected chi connectivity index (χ3v) is 9.60. The zero-order valence-electron chi connectivity index (χ0n) is 32.3. The first-order valence-corrected chi connectivity index (χ1v) is 18.6. The fraction of sp³-hybridized carbons (Fsp3) is 0.537. The summed E-state index contributed by atoms with van der Waals surface area (Å²) in [6, 6.07) is 0. The highest BCUT2D eigenvalue weighted by Crippen LogP contribution is 2.34. The predicted molar refractivity (Wildman–Crippen MR) is 206 cm³/mol. The average molecular weight is 725 g/mol. The number of carbonyl (C=O) groups is 2. The summed E-state index contributed by atoms with van der Waals surface area (Å²) in [6.07, 6.45) is 15.8. The molecular formula is C41H60N2O7S. The lowest BCUT2D eigenvalue weighted by Gasteiger charge is -2.26. The highest BCUT2D eigenvalue weighted by atomic mass is 32.1. The Labute approximate surface area is 309 Å². The van der Waals surface area contributed by atoms with E-state index in [4.69, 9.17) is 19.2 Å². The van der Waals surface area contributed by atoms with E-state index in [1.165, 1.54) is 18.4 Å². The molecule has 0 bridgehead atoms. The Hall–Kier alpha value is -3.57. The second kappa shape index (κ2) is 21.7. The summed E-state index contributed by atoms with van der Waals surface area (Å²) in [5.74, 6) is -0.840. The number of alkyl carbamates (subject to hydrolysis) is 1. The van der Waals surface area contributed by atoms with Gasteiger partial charge in [-0.05, 0) is 45.6 Å². The summed E-state index contributed by atoms with van der Waals surface area (Å²) < 4.78 is 17.5. The summed E-state index contributed by atoms with van der Waals surface area (Å²) in [5, 5.41) is 26.9. The van der Waals surface area contributed by atoms with E-state index in [2.05, 4.69) is 5.32 Å². The largest absolute Gasteiger partial charge is 0.455 e. The van der Waals surface area contributed by atoms with E-state index in [1.807, 2.05) is 104 Å². The quantitative estimate of drug-likeness (QED) is 0.249. The van der Waals surface area contributed by atoms with Crippen molar-refractivity contribution in [1.29, 1.82) is 0 Å². The Kier molecular flexibility index (Phi) is 18.6. The Morgan fingerprint density at radius 2 is 1.73 bits per heavy atom. The van der Waals surface area contributed by atoms with Crippen molar-refractivity contribution in [1.82, 2.24) is 10.3 Å². The molecule has 0 aliphatic carbocycles. The second-order valence-electron chi connectivity index (χ2n) is 14.0. The minimum Gasteiger partial charge on any atom is -0.455 e. The van der Waals surface area contributed by atoms with Crippen molar-refractivity contribution in [2.24, 2.45) is 23.7 Å². The molecule has 1 aliphatic rings. The molecule has 9 nitrogen and oxygen atoms in total. The Balaban J connectivity index is 2.55. The number of aliphatic hydroxyl groups excluding tert-OH is 2. The number of amides is 1. The maximum absolute atomic E-state index is 13.2. The van der Waals surface area contributed by atoms with Gasteiger partial charge in [0.2, 0.25) is 0 Å². The zero-order chi connectivity index (χ0) is 38.2. The molecule has 0 fully saturated rings. The number of hydrogen-bond acceptors (Lipinski definition) is 9. The lowest BCUT2D eigenvalue weighted by molar-refractivity contribution is -0.150. The third kappa shape index (κ3) is 14.9.